The number of aromatic carboxylic acids is 1. The van der Waals surface area contributed by atoms with Gasteiger partial charge in [0.15, 0.2) is 11.6 Å². The largest absolute Gasteiger partial charge is 0.535 e. The lowest BCUT2D eigenvalue weighted by atomic mass is 9.43. The number of rotatable bonds is 17. The third-order valence-corrected chi connectivity index (χ3v) is 15.9. The number of esters is 1. The van der Waals surface area contributed by atoms with Crippen LogP contribution in [-0.4, -0.2) is 131 Å². The molecule has 2 aromatic heterocycles. The number of nitrogens with one attached hydrogen (secondary N) is 1. The number of amides is 1. The van der Waals surface area contributed by atoms with Crippen LogP contribution in [0.3, 0.4) is 0 Å². The minimum absolute atomic E-state index is 0.00277. The predicted octanol–water partition coefficient (Wildman–Crippen LogP) is 10.2. The summed E-state index contributed by atoms with van der Waals surface area (Å²) in [7, 11) is -0.255. The van der Waals surface area contributed by atoms with E-state index in [2.05, 4.69) is 86.3 Å². The second-order valence-electron chi connectivity index (χ2n) is 24.6. The van der Waals surface area contributed by atoms with Gasteiger partial charge in [0.05, 0.1) is 59.0 Å². The van der Waals surface area contributed by atoms with Gasteiger partial charge in [0.2, 0.25) is 0 Å². The zero-order valence-corrected chi connectivity index (χ0v) is 57.6. The standard InChI is InChI=1S/C32H46BN3O6.C16H19BN4O5.C9H15NO2.C4H5Br.BCl3/c1-10-25-19(2)36(35-34-25)18-23(37)17-22(33-41-27-16-21-15-26(31(21,6)7)32(27,8)42-33)14-20-12-11-13-24(28(20)39-9)29(38)40-30(3,4)5;1-9-14(7-18)21(20-19-9)8-12(22)6-11-5-10-3-2-4-13(16(23)24)15(10)26-17(11)25;1-5-6-7-10-8(11)12-9(2,3)4;1-2-3-4-5;2-1(3)4/h11-13,21-22,26-27H,10,14-18H2,1-9H3;2-4,11,25H,5-8,18H2,1H3,(H,23,24);7H2,1-4H3,(H,10,11);4H2,1H3;/t21-,22+,26-,27+,32-;11-;;;/m01.../s1. The minimum atomic E-state index is -1.25. The van der Waals surface area contributed by atoms with Crippen LogP contribution in [0.25, 0.3) is 0 Å². The Balaban J connectivity index is 0.000000303. The van der Waals surface area contributed by atoms with Crippen LogP contribution in [0.1, 0.15) is 163 Å². The third-order valence-electron chi connectivity index (χ3n) is 15.6. The van der Waals surface area contributed by atoms with Crippen LogP contribution in [0, 0.1) is 54.8 Å². The molecule has 3 saturated carbocycles. The van der Waals surface area contributed by atoms with Gasteiger partial charge in [0.25, 0.3) is 0 Å². The average molecular weight is 1360 g/mol. The lowest BCUT2D eigenvalue weighted by molar-refractivity contribution is -0.199. The molecule has 4 fully saturated rings. The smallest absolute Gasteiger partial charge is 0.526 e. The summed E-state index contributed by atoms with van der Waals surface area (Å²) in [5, 5.41) is 39.0. The summed E-state index contributed by atoms with van der Waals surface area (Å²) >= 11 is 17.6. The number of alkyl halides is 1. The molecule has 1 saturated heterocycles. The molecule has 9 rings (SSSR count). The highest BCUT2D eigenvalue weighted by molar-refractivity contribution is 9.09. The van der Waals surface area contributed by atoms with Crippen molar-refractivity contribution in [3.63, 3.8) is 0 Å². The number of nitrogens with two attached hydrogens (primary N) is 1. The van der Waals surface area contributed by atoms with Gasteiger partial charge in [-0.05, 0) is 149 Å². The Labute approximate surface area is 548 Å². The van der Waals surface area contributed by atoms with Crippen molar-refractivity contribution in [2.24, 2.45) is 23.0 Å². The van der Waals surface area contributed by atoms with E-state index in [1.54, 1.807) is 43.8 Å². The van der Waals surface area contributed by atoms with E-state index in [9.17, 15) is 34.1 Å². The fraction of sp³-hybridized carbons (Fsp3) is 0.590. The lowest BCUT2D eigenvalue weighted by Gasteiger charge is -2.64. The number of carbonyl (C=O) groups is 5. The SMILES string of the molecule is CC#CCBr.CC#CCNC(=O)OC(C)(C)C.CCc1nnn(CC(=O)C[C@@H](Cc2cccc(C(=O)OC(C)(C)C)c2OC)B2O[C@@H]3C[C@@H]4C[C@@H](C4(C)C)[C@]3(C)O2)c1C.Cc1nnn(CC(=O)C[C@H]2Cc3cccc(C(=O)O)c3OB2O)c1CN.ClB(Cl)Cl. The number of Topliss-reactive ketones (excluding diaryl/α,β-unsaturated/α-hetero) is 2. The number of hydrogen-bond donors (Lipinski definition) is 4. The zero-order valence-electron chi connectivity index (χ0n) is 53.7. The number of para-hydroxylation sites is 2. The van der Waals surface area contributed by atoms with Crippen LogP contribution in [0.2, 0.25) is 11.6 Å². The molecule has 0 spiro atoms. The molecule has 5 aliphatic rings. The number of benzene rings is 2. The van der Waals surface area contributed by atoms with Crippen LogP contribution in [-0.2, 0) is 67.3 Å². The molecule has 4 heterocycles. The first-order chi connectivity index (χ1) is 41.7. The molecule has 5 N–H and O–H groups in total. The van der Waals surface area contributed by atoms with Crippen molar-refractivity contribution < 1.29 is 62.3 Å². The topological polar surface area (TPSA) is 281 Å². The van der Waals surface area contributed by atoms with E-state index >= 15 is 0 Å². The van der Waals surface area contributed by atoms with Gasteiger partial charge in [-0.2, -0.15) is 34.4 Å². The maximum atomic E-state index is 13.6. The highest BCUT2D eigenvalue weighted by atomic mass is 79.9. The van der Waals surface area contributed by atoms with Gasteiger partial charge in [-0.3, -0.25) is 9.59 Å². The Hall–Kier alpha value is -5.63. The fourth-order valence-corrected chi connectivity index (χ4v) is 11.5. The first kappa shape index (κ1) is 75.8. The number of ether oxygens (including phenoxy) is 3. The van der Waals surface area contributed by atoms with Gasteiger partial charge in [-0.25, -0.2) is 23.7 Å². The van der Waals surface area contributed by atoms with Crippen molar-refractivity contribution in [2.45, 2.75) is 196 Å². The number of aryl methyl sites for hydroxylation is 2. The summed E-state index contributed by atoms with van der Waals surface area (Å²) in [6, 6.07) is 10.2. The molecule has 0 unspecified atom stereocenters. The van der Waals surface area contributed by atoms with Crippen molar-refractivity contribution in [2.75, 3.05) is 19.0 Å². The van der Waals surface area contributed by atoms with E-state index in [-0.39, 0.29) is 72.7 Å². The third kappa shape index (κ3) is 21.8. The zero-order chi connectivity index (χ0) is 66.8. The summed E-state index contributed by atoms with van der Waals surface area (Å²) < 4.78 is 38.5. The number of carboxylic acids is 1. The Morgan fingerprint density at radius 1 is 0.921 bits per heavy atom. The van der Waals surface area contributed by atoms with Crippen molar-refractivity contribution in [1.82, 2.24) is 35.3 Å². The predicted molar refractivity (Wildman–Crippen MR) is 349 cm³/mol. The van der Waals surface area contributed by atoms with Gasteiger partial charge < -0.3 is 49.4 Å². The molecule has 89 heavy (non-hydrogen) atoms. The quantitative estimate of drug-likeness (QED) is 0.0331. The maximum absolute atomic E-state index is 13.6. The number of ketones is 2. The van der Waals surface area contributed by atoms with E-state index in [1.807, 2.05) is 74.4 Å². The average Bonchev–Trinajstić information content (AvgIpc) is 1.67. The van der Waals surface area contributed by atoms with Crippen LogP contribution in [0.5, 0.6) is 11.5 Å². The van der Waals surface area contributed by atoms with Gasteiger partial charge in [0.1, 0.15) is 41.4 Å². The summed E-state index contributed by atoms with van der Waals surface area (Å²) in [5.41, 5.74) is 9.36. The molecule has 2 aromatic carbocycles. The van der Waals surface area contributed by atoms with Crippen LogP contribution in [0.15, 0.2) is 36.4 Å². The van der Waals surface area contributed by atoms with Crippen LogP contribution < -0.4 is 20.4 Å². The fourth-order valence-electron chi connectivity index (χ4n) is 11.3. The number of halogens is 4. The molecule has 484 valence electrons. The second-order valence-corrected chi connectivity index (χ2v) is 27.1. The Kier molecular flexibility index (Phi) is 29.1. The summed E-state index contributed by atoms with van der Waals surface area (Å²) in [5.74, 6) is 10.1. The molecule has 2 bridgehead atoms. The number of carbonyl (C=O) groups excluding carboxylic acids is 4. The van der Waals surface area contributed by atoms with Gasteiger partial charge in [-0.15, -0.1) is 22.0 Å². The molecule has 4 aromatic rings. The van der Waals surface area contributed by atoms with Gasteiger partial charge in [-0.1, -0.05) is 83.2 Å². The second kappa shape index (κ2) is 34.2. The van der Waals surface area contributed by atoms with Crippen molar-refractivity contribution in [3.8, 4) is 35.2 Å². The summed E-state index contributed by atoms with van der Waals surface area (Å²) in [6.45, 7) is 27.8. The van der Waals surface area contributed by atoms with Crippen molar-refractivity contribution >= 4 is 99.1 Å². The highest BCUT2D eigenvalue weighted by Crippen LogP contribution is 2.66. The lowest BCUT2D eigenvalue weighted by Crippen LogP contribution is -2.65. The molecular formula is C61H85B3BrCl3N8O13. The molecule has 21 nitrogen and oxygen atoms in total. The minimum Gasteiger partial charge on any atom is -0.535 e. The Morgan fingerprint density at radius 2 is 1.54 bits per heavy atom. The number of fused-ring (bicyclic) bond motifs is 1. The van der Waals surface area contributed by atoms with E-state index in [0.29, 0.717) is 59.5 Å². The van der Waals surface area contributed by atoms with E-state index < -0.39 is 59.8 Å². The molecular weight excluding hydrogens is 1270 g/mol. The van der Waals surface area contributed by atoms with Crippen LogP contribution in [0.4, 0.5) is 4.79 Å². The highest BCUT2D eigenvalue weighted by Gasteiger charge is 2.68. The number of nitrogens with zero attached hydrogens (tertiary/aromatic N) is 6. The molecule has 1 amide bonds. The molecule has 0 radical (unpaired) electrons. The van der Waals surface area contributed by atoms with Gasteiger partial charge in [0, 0.05) is 31.0 Å². The number of hydrogen-bond acceptors (Lipinski definition) is 17. The Bertz CT molecular complexity index is 3210. The Morgan fingerprint density at radius 3 is 2.09 bits per heavy atom. The molecule has 3 aliphatic carbocycles. The van der Waals surface area contributed by atoms with Crippen molar-refractivity contribution in [3.05, 3.63) is 81.4 Å². The monoisotopic (exact) mass is 1350 g/mol. The molecule has 6 atom stereocenters. The summed E-state index contributed by atoms with van der Waals surface area (Å²) in [4.78, 5) is 60.5. The summed E-state index contributed by atoms with van der Waals surface area (Å²) in [6.07, 6.45) is 3.53. The van der Waals surface area contributed by atoms with Crippen molar-refractivity contribution in [1.29, 1.82) is 0 Å². The van der Waals surface area contributed by atoms with E-state index in [4.69, 9.17) is 68.3 Å². The number of aromatic nitrogens is 6. The first-order valence-electron chi connectivity index (χ1n) is 29.4. The van der Waals surface area contributed by atoms with E-state index in [1.165, 1.54) is 10.7 Å². The van der Waals surface area contributed by atoms with Crippen LogP contribution >= 0.6 is 50.3 Å². The normalized spacial score (nSPS) is 19.2. The first-order valence-corrected chi connectivity index (χ1v) is 31.8. The molecule has 28 heteroatoms. The van der Waals surface area contributed by atoms with Gasteiger partial charge >= 0.3 is 37.2 Å². The molecule has 2 aliphatic heterocycles. The number of carboxylic acid groups (broad SMARTS) is 1. The van der Waals surface area contributed by atoms with E-state index in [0.717, 1.165) is 41.5 Å². The number of methoxy groups -OCH3 is 1. The number of alkyl carbamates (subject to hydrolysis) is 1. The maximum Gasteiger partial charge on any atom is 0.526 e.